The quantitative estimate of drug-likeness (QED) is 0.890. The third-order valence-electron chi connectivity index (χ3n) is 3.92. The summed E-state index contributed by atoms with van der Waals surface area (Å²) in [6, 6.07) is 8.89. The third kappa shape index (κ3) is 2.18. The molecule has 2 atom stereocenters. The summed E-state index contributed by atoms with van der Waals surface area (Å²) in [5.41, 5.74) is 0. The molecule has 0 aromatic heterocycles. The van der Waals surface area contributed by atoms with Gasteiger partial charge in [0.15, 0.2) is 0 Å². The van der Waals surface area contributed by atoms with E-state index in [9.17, 15) is 0 Å². The Kier molecular flexibility index (Phi) is 3.30. The van der Waals surface area contributed by atoms with Gasteiger partial charge in [0, 0.05) is 16.7 Å². The molecule has 1 aliphatic heterocycles. The zero-order chi connectivity index (χ0) is 11.7. The van der Waals surface area contributed by atoms with E-state index >= 15 is 0 Å². The van der Waals surface area contributed by atoms with Crippen LogP contribution < -0.4 is 10.1 Å². The fraction of sp³-hybridized carbons (Fsp3) is 0.571. The summed E-state index contributed by atoms with van der Waals surface area (Å²) in [7, 11) is 2.07. The van der Waals surface area contributed by atoms with Crippen LogP contribution in [0.5, 0.6) is 5.75 Å². The summed E-state index contributed by atoms with van der Waals surface area (Å²) in [6.07, 6.45) is 4.43. The molecule has 1 fully saturated rings. The van der Waals surface area contributed by atoms with Crippen LogP contribution in [0.15, 0.2) is 29.2 Å². The maximum absolute atomic E-state index is 6.16. The minimum Gasteiger partial charge on any atom is -0.487 e. The maximum atomic E-state index is 6.16. The van der Waals surface area contributed by atoms with Crippen molar-refractivity contribution in [3.63, 3.8) is 0 Å². The molecule has 3 rings (SSSR count). The van der Waals surface area contributed by atoms with E-state index in [1.54, 1.807) is 0 Å². The first-order valence-corrected chi connectivity index (χ1v) is 7.43. The average Bonchev–Trinajstić information content (AvgIpc) is 2.33. The molecule has 2 aliphatic rings. The highest BCUT2D eigenvalue weighted by Crippen LogP contribution is 2.39. The number of hydrogen-bond acceptors (Lipinski definition) is 3. The molecule has 92 valence electrons. The van der Waals surface area contributed by atoms with Crippen LogP contribution in [0.25, 0.3) is 0 Å². The molecule has 1 N–H and O–H groups in total. The number of fused-ring (bicyclic) bond motifs is 1. The summed E-state index contributed by atoms with van der Waals surface area (Å²) in [4.78, 5) is 1.28. The first-order chi connectivity index (χ1) is 8.38. The van der Waals surface area contributed by atoms with Gasteiger partial charge in [-0.3, -0.25) is 0 Å². The molecule has 17 heavy (non-hydrogen) atoms. The SMILES string of the molecule is CNC(C1CCC1)C1CSc2ccccc2O1. The molecule has 1 aromatic rings. The maximum Gasteiger partial charge on any atom is 0.133 e. The zero-order valence-electron chi connectivity index (χ0n) is 10.2. The lowest BCUT2D eigenvalue weighted by Crippen LogP contribution is -2.50. The Morgan fingerprint density at radius 1 is 1.35 bits per heavy atom. The van der Waals surface area contributed by atoms with Crippen LogP contribution in [0.1, 0.15) is 19.3 Å². The summed E-state index contributed by atoms with van der Waals surface area (Å²) in [5.74, 6) is 2.95. The number of likely N-dealkylation sites (N-methyl/N-ethyl adjacent to an activating group) is 1. The second kappa shape index (κ2) is 4.91. The van der Waals surface area contributed by atoms with Crippen molar-refractivity contribution >= 4 is 11.8 Å². The first kappa shape index (κ1) is 11.4. The fourth-order valence-corrected chi connectivity index (χ4v) is 3.79. The van der Waals surface area contributed by atoms with Gasteiger partial charge in [0.25, 0.3) is 0 Å². The van der Waals surface area contributed by atoms with Crippen LogP contribution in [0.3, 0.4) is 0 Å². The fourth-order valence-electron chi connectivity index (χ4n) is 2.74. The van der Waals surface area contributed by atoms with Crippen molar-refractivity contribution in [2.75, 3.05) is 12.8 Å². The molecule has 2 unspecified atom stereocenters. The second-order valence-electron chi connectivity index (χ2n) is 4.92. The Bertz CT molecular complexity index is 392. The average molecular weight is 249 g/mol. The number of thioether (sulfide) groups is 1. The van der Waals surface area contributed by atoms with Crippen molar-refractivity contribution in [1.82, 2.24) is 5.32 Å². The number of nitrogens with one attached hydrogen (secondary N) is 1. The van der Waals surface area contributed by atoms with Gasteiger partial charge in [-0.15, -0.1) is 11.8 Å². The van der Waals surface area contributed by atoms with E-state index < -0.39 is 0 Å². The minimum atomic E-state index is 0.324. The molecule has 3 heteroatoms. The highest BCUT2D eigenvalue weighted by Gasteiger charge is 2.35. The largest absolute Gasteiger partial charge is 0.487 e. The highest BCUT2D eigenvalue weighted by atomic mass is 32.2. The van der Waals surface area contributed by atoms with Crippen molar-refractivity contribution in [3.05, 3.63) is 24.3 Å². The molecular weight excluding hydrogens is 230 g/mol. The number of para-hydroxylation sites is 1. The van der Waals surface area contributed by atoms with E-state index in [0.29, 0.717) is 12.1 Å². The summed E-state index contributed by atoms with van der Waals surface area (Å²) < 4.78 is 6.16. The van der Waals surface area contributed by atoms with Gasteiger partial charge in [-0.05, 0) is 37.9 Å². The molecule has 0 radical (unpaired) electrons. The molecule has 0 spiro atoms. The molecule has 1 heterocycles. The minimum absolute atomic E-state index is 0.324. The van der Waals surface area contributed by atoms with Gasteiger partial charge in [-0.25, -0.2) is 0 Å². The predicted molar refractivity (Wildman–Crippen MR) is 71.8 cm³/mol. The van der Waals surface area contributed by atoms with E-state index in [4.69, 9.17) is 4.74 Å². The summed E-state index contributed by atoms with van der Waals surface area (Å²) in [6.45, 7) is 0. The number of ether oxygens (including phenoxy) is 1. The smallest absolute Gasteiger partial charge is 0.133 e. The first-order valence-electron chi connectivity index (χ1n) is 6.44. The second-order valence-corrected chi connectivity index (χ2v) is 5.98. The number of benzene rings is 1. The van der Waals surface area contributed by atoms with Gasteiger partial charge in [0.1, 0.15) is 11.9 Å². The van der Waals surface area contributed by atoms with Crippen molar-refractivity contribution in [1.29, 1.82) is 0 Å². The Morgan fingerprint density at radius 2 is 2.18 bits per heavy atom. The zero-order valence-corrected chi connectivity index (χ0v) is 11.0. The van der Waals surface area contributed by atoms with Crippen LogP contribution >= 0.6 is 11.8 Å². The Hall–Kier alpha value is -0.670. The van der Waals surface area contributed by atoms with Gasteiger partial charge in [0.2, 0.25) is 0 Å². The third-order valence-corrected chi connectivity index (χ3v) is 5.07. The van der Waals surface area contributed by atoms with E-state index in [1.165, 1.54) is 24.2 Å². The van der Waals surface area contributed by atoms with Crippen molar-refractivity contribution in [2.45, 2.75) is 36.3 Å². The van der Waals surface area contributed by atoms with Gasteiger partial charge >= 0.3 is 0 Å². The van der Waals surface area contributed by atoms with Gasteiger partial charge in [0.05, 0.1) is 0 Å². The lowest BCUT2D eigenvalue weighted by molar-refractivity contribution is 0.103. The van der Waals surface area contributed by atoms with E-state index in [-0.39, 0.29) is 0 Å². The van der Waals surface area contributed by atoms with Gasteiger partial charge in [-0.1, -0.05) is 18.6 Å². The highest BCUT2D eigenvalue weighted by molar-refractivity contribution is 7.99. The van der Waals surface area contributed by atoms with Crippen molar-refractivity contribution < 1.29 is 4.74 Å². The van der Waals surface area contributed by atoms with Crippen LogP contribution in [0, 0.1) is 5.92 Å². The normalized spacial score (nSPS) is 25.6. The van der Waals surface area contributed by atoms with Crippen LogP contribution in [0.2, 0.25) is 0 Å². The molecule has 0 saturated heterocycles. The topological polar surface area (TPSA) is 21.3 Å². The van der Waals surface area contributed by atoms with Crippen LogP contribution in [0.4, 0.5) is 0 Å². The lowest BCUT2D eigenvalue weighted by Gasteiger charge is -2.40. The van der Waals surface area contributed by atoms with Crippen LogP contribution in [-0.4, -0.2) is 24.9 Å². The predicted octanol–water partition coefficient (Wildman–Crippen LogP) is 2.93. The lowest BCUT2D eigenvalue weighted by atomic mass is 9.78. The molecule has 1 aliphatic carbocycles. The Balaban J connectivity index is 1.73. The van der Waals surface area contributed by atoms with E-state index in [1.807, 2.05) is 11.8 Å². The Morgan fingerprint density at radius 3 is 2.88 bits per heavy atom. The van der Waals surface area contributed by atoms with Crippen molar-refractivity contribution in [3.8, 4) is 5.75 Å². The standard InChI is InChI=1S/C14H19NOS/c1-15-14(10-5-4-6-10)12-9-17-13-8-3-2-7-11(13)16-12/h2-3,7-8,10,12,14-15H,4-6,9H2,1H3. The van der Waals surface area contributed by atoms with Gasteiger partial charge in [-0.2, -0.15) is 0 Å². The van der Waals surface area contributed by atoms with E-state index in [2.05, 4.69) is 36.6 Å². The van der Waals surface area contributed by atoms with Crippen molar-refractivity contribution in [2.24, 2.45) is 5.92 Å². The molecule has 2 nitrogen and oxygen atoms in total. The molecule has 0 amide bonds. The summed E-state index contributed by atoms with van der Waals surface area (Å²) >= 11 is 1.93. The number of rotatable bonds is 3. The molecular formula is C14H19NOS. The Labute approximate surface area is 107 Å². The van der Waals surface area contributed by atoms with E-state index in [0.717, 1.165) is 17.4 Å². The molecule has 1 saturated carbocycles. The monoisotopic (exact) mass is 249 g/mol. The van der Waals surface area contributed by atoms with Crippen LogP contribution in [-0.2, 0) is 0 Å². The van der Waals surface area contributed by atoms with Gasteiger partial charge < -0.3 is 10.1 Å². The molecule has 0 bridgehead atoms. The number of hydrogen-bond donors (Lipinski definition) is 1. The molecule has 1 aromatic carbocycles. The summed E-state index contributed by atoms with van der Waals surface area (Å²) in [5, 5.41) is 3.47.